The van der Waals surface area contributed by atoms with E-state index in [4.69, 9.17) is 4.74 Å². The van der Waals surface area contributed by atoms with Crippen molar-refractivity contribution >= 4 is 5.97 Å². The molecule has 3 atom stereocenters. The SMILES string of the molecule is CCOC(=O)[C@]12CCC[C@@]1(O)[C@@H](C)CC2. The average molecular weight is 212 g/mol. The normalized spacial score (nSPS) is 44.1. The lowest BCUT2D eigenvalue weighted by Gasteiger charge is -2.36. The highest BCUT2D eigenvalue weighted by molar-refractivity contribution is 5.79. The maximum absolute atomic E-state index is 12.0. The van der Waals surface area contributed by atoms with Crippen LogP contribution in [0.5, 0.6) is 0 Å². The third-order valence-corrected chi connectivity index (χ3v) is 4.48. The summed E-state index contributed by atoms with van der Waals surface area (Å²) in [4.78, 5) is 12.0. The Morgan fingerprint density at radius 2 is 2.20 bits per heavy atom. The van der Waals surface area contributed by atoms with E-state index in [-0.39, 0.29) is 11.9 Å². The number of aliphatic hydroxyl groups is 1. The minimum atomic E-state index is -0.792. The van der Waals surface area contributed by atoms with Crippen LogP contribution in [-0.2, 0) is 9.53 Å². The monoisotopic (exact) mass is 212 g/mol. The summed E-state index contributed by atoms with van der Waals surface area (Å²) < 4.78 is 5.15. The van der Waals surface area contributed by atoms with Crippen LogP contribution in [0.4, 0.5) is 0 Å². The Kier molecular flexibility index (Phi) is 2.53. The summed E-state index contributed by atoms with van der Waals surface area (Å²) in [7, 11) is 0. The molecule has 2 fully saturated rings. The molecule has 15 heavy (non-hydrogen) atoms. The Bertz CT molecular complexity index is 276. The predicted molar refractivity (Wildman–Crippen MR) is 56.3 cm³/mol. The van der Waals surface area contributed by atoms with E-state index in [1.165, 1.54) is 0 Å². The van der Waals surface area contributed by atoms with Gasteiger partial charge in [0.2, 0.25) is 0 Å². The van der Waals surface area contributed by atoms with E-state index >= 15 is 0 Å². The maximum Gasteiger partial charge on any atom is 0.315 e. The summed E-state index contributed by atoms with van der Waals surface area (Å²) >= 11 is 0. The number of ether oxygens (including phenoxy) is 1. The van der Waals surface area contributed by atoms with Gasteiger partial charge in [-0.1, -0.05) is 6.92 Å². The van der Waals surface area contributed by atoms with Crippen LogP contribution in [-0.4, -0.2) is 23.3 Å². The molecule has 0 saturated heterocycles. The molecule has 86 valence electrons. The van der Waals surface area contributed by atoms with Gasteiger partial charge in [0.05, 0.1) is 17.6 Å². The lowest BCUT2D eigenvalue weighted by atomic mass is 9.74. The van der Waals surface area contributed by atoms with E-state index < -0.39 is 11.0 Å². The zero-order valence-electron chi connectivity index (χ0n) is 9.58. The van der Waals surface area contributed by atoms with Gasteiger partial charge in [0.25, 0.3) is 0 Å². The van der Waals surface area contributed by atoms with Crippen LogP contribution in [0.1, 0.15) is 46.0 Å². The Labute approximate surface area is 90.8 Å². The first-order valence-electron chi connectivity index (χ1n) is 5.96. The Morgan fingerprint density at radius 1 is 1.47 bits per heavy atom. The molecule has 0 aliphatic heterocycles. The molecule has 0 heterocycles. The first-order valence-corrected chi connectivity index (χ1v) is 5.96. The molecule has 0 radical (unpaired) electrons. The number of hydrogen-bond acceptors (Lipinski definition) is 3. The highest BCUT2D eigenvalue weighted by Crippen LogP contribution is 2.60. The van der Waals surface area contributed by atoms with Gasteiger partial charge in [-0.05, 0) is 44.9 Å². The van der Waals surface area contributed by atoms with Crippen molar-refractivity contribution in [2.75, 3.05) is 6.61 Å². The molecule has 2 aliphatic carbocycles. The molecule has 0 bridgehead atoms. The van der Waals surface area contributed by atoms with Gasteiger partial charge < -0.3 is 9.84 Å². The fourth-order valence-corrected chi connectivity index (χ4v) is 3.53. The number of carbonyl (C=O) groups is 1. The maximum atomic E-state index is 12.0. The number of carbonyl (C=O) groups excluding carboxylic acids is 1. The van der Waals surface area contributed by atoms with E-state index in [0.29, 0.717) is 6.61 Å². The summed E-state index contributed by atoms with van der Waals surface area (Å²) in [5, 5.41) is 10.6. The molecule has 0 unspecified atom stereocenters. The van der Waals surface area contributed by atoms with Gasteiger partial charge >= 0.3 is 5.97 Å². The highest BCUT2D eigenvalue weighted by Gasteiger charge is 2.65. The number of rotatable bonds is 2. The fraction of sp³-hybridized carbons (Fsp3) is 0.917. The molecule has 3 heteroatoms. The molecule has 2 rings (SSSR count). The van der Waals surface area contributed by atoms with Gasteiger partial charge in [0, 0.05) is 0 Å². The van der Waals surface area contributed by atoms with Gasteiger partial charge in [0.1, 0.15) is 0 Å². The zero-order chi connectivity index (χ0) is 11.1. The van der Waals surface area contributed by atoms with Gasteiger partial charge in [-0.2, -0.15) is 0 Å². The Balaban J connectivity index is 2.29. The van der Waals surface area contributed by atoms with Crippen molar-refractivity contribution in [1.29, 1.82) is 0 Å². The van der Waals surface area contributed by atoms with Gasteiger partial charge in [-0.3, -0.25) is 4.79 Å². The number of fused-ring (bicyclic) bond motifs is 1. The average Bonchev–Trinajstić information content (AvgIpc) is 2.65. The Morgan fingerprint density at radius 3 is 2.87 bits per heavy atom. The standard InChI is InChI=1S/C12H20O3/c1-3-15-10(13)11-6-4-7-12(11,14)9(2)5-8-11/h9,14H,3-8H2,1-2H3/t9-,11+,12+/m0/s1. The lowest BCUT2D eigenvalue weighted by Crippen LogP contribution is -2.48. The van der Waals surface area contributed by atoms with Gasteiger partial charge in [0.15, 0.2) is 0 Å². The van der Waals surface area contributed by atoms with Crippen LogP contribution < -0.4 is 0 Å². The second kappa shape index (κ2) is 3.48. The smallest absolute Gasteiger partial charge is 0.315 e. The lowest BCUT2D eigenvalue weighted by molar-refractivity contribution is -0.169. The van der Waals surface area contributed by atoms with Crippen molar-refractivity contribution in [3.05, 3.63) is 0 Å². The summed E-state index contributed by atoms with van der Waals surface area (Å²) in [6.07, 6.45) is 4.23. The highest BCUT2D eigenvalue weighted by atomic mass is 16.5. The summed E-state index contributed by atoms with van der Waals surface area (Å²) in [6, 6.07) is 0. The minimum absolute atomic E-state index is 0.172. The predicted octanol–water partition coefficient (Wildman–Crippen LogP) is 1.88. The molecular formula is C12H20O3. The molecule has 2 aliphatic rings. The molecule has 1 N–H and O–H groups in total. The van der Waals surface area contributed by atoms with Crippen molar-refractivity contribution in [1.82, 2.24) is 0 Å². The second-order valence-corrected chi connectivity index (χ2v) is 5.02. The van der Waals surface area contributed by atoms with Crippen LogP contribution in [0.15, 0.2) is 0 Å². The molecule has 0 amide bonds. The molecule has 0 aromatic heterocycles. The third-order valence-electron chi connectivity index (χ3n) is 4.48. The van der Waals surface area contributed by atoms with Crippen molar-refractivity contribution in [3.63, 3.8) is 0 Å². The fourth-order valence-electron chi connectivity index (χ4n) is 3.53. The van der Waals surface area contributed by atoms with E-state index in [0.717, 1.165) is 32.1 Å². The van der Waals surface area contributed by atoms with Crippen LogP contribution in [0.25, 0.3) is 0 Å². The first kappa shape index (κ1) is 10.9. The van der Waals surface area contributed by atoms with Gasteiger partial charge in [-0.25, -0.2) is 0 Å². The summed E-state index contributed by atoms with van der Waals surface area (Å²) in [5.74, 6) is 0.0544. The van der Waals surface area contributed by atoms with E-state index in [1.807, 2.05) is 13.8 Å². The second-order valence-electron chi connectivity index (χ2n) is 5.02. The molecule has 0 aromatic carbocycles. The topological polar surface area (TPSA) is 46.5 Å². The van der Waals surface area contributed by atoms with Crippen molar-refractivity contribution in [2.45, 2.75) is 51.6 Å². The van der Waals surface area contributed by atoms with Crippen molar-refractivity contribution < 1.29 is 14.6 Å². The largest absolute Gasteiger partial charge is 0.465 e. The summed E-state index contributed by atoms with van der Waals surface area (Å²) in [5.41, 5.74) is -1.37. The molecular weight excluding hydrogens is 192 g/mol. The van der Waals surface area contributed by atoms with E-state index in [2.05, 4.69) is 0 Å². The van der Waals surface area contributed by atoms with Crippen LogP contribution in [0.3, 0.4) is 0 Å². The quantitative estimate of drug-likeness (QED) is 0.711. The third kappa shape index (κ3) is 1.25. The van der Waals surface area contributed by atoms with Crippen molar-refractivity contribution in [3.8, 4) is 0 Å². The molecule has 3 nitrogen and oxygen atoms in total. The van der Waals surface area contributed by atoms with E-state index in [1.54, 1.807) is 0 Å². The first-order chi connectivity index (χ1) is 7.07. The Hall–Kier alpha value is -0.570. The molecule has 0 aromatic rings. The van der Waals surface area contributed by atoms with Gasteiger partial charge in [-0.15, -0.1) is 0 Å². The van der Waals surface area contributed by atoms with Crippen molar-refractivity contribution in [2.24, 2.45) is 11.3 Å². The van der Waals surface area contributed by atoms with Crippen LogP contribution in [0, 0.1) is 11.3 Å². The van der Waals surface area contributed by atoms with Crippen LogP contribution >= 0.6 is 0 Å². The van der Waals surface area contributed by atoms with E-state index in [9.17, 15) is 9.90 Å². The molecule has 0 spiro atoms. The summed E-state index contributed by atoms with van der Waals surface area (Å²) in [6.45, 7) is 4.28. The zero-order valence-corrected chi connectivity index (χ0v) is 9.58. The number of hydrogen-bond donors (Lipinski definition) is 1. The minimum Gasteiger partial charge on any atom is -0.465 e. The number of esters is 1. The molecule has 2 saturated carbocycles. The van der Waals surface area contributed by atoms with Crippen LogP contribution in [0.2, 0.25) is 0 Å².